The molecule has 0 amide bonds. The Morgan fingerprint density at radius 3 is 1.00 bits per heavy atom. The monoisotopic (exact) mass is 726 g/mol. The summed E-state index contributed by atoms with van der Waals surface area (Å²) in [5.74, 6) is 0.609. The normalized spacial score (nSPS) is 11.0. The van der Waals surface area contributed by atoms with E-state index in [0.717, 1.165) is 38.5 Å². The minimum atomic E-state index is -0.673. The van der Waals surface area contributed by atoms with Crippen LogP contribution in [0.2, 0.25) is 0 Å². The molecule has 0 unspecified atom stereocenters. The van der Waals surface area contributed by atoms with E-state index in [4.69, 9.17) is 28.4 Å². The topological polar surface area (TPSA) is 107 Å². The zero-order valence-electron chi connectivity index (χ0n) is 28.2. The lowest BCUT2D eigenvalue weighted by Gasteiger charge is -2.31. The number of halogens is 1. The molecule has 0 aliphatic heterocycles. The number of hydrogen-bond donors (Lipinski definition) is 0. The van der Waals surface area contributed by atoms with Crippen molar-refractivity contribution in [1.29, 1.82) is 0 Å². The van der Waals surface area contributed by atoms with Gasteiger partial charge >= 0.3 is 17.9 Å². The second kappa shape index (κ2) is 21.0. The zero-order chi connectivity index (χ0) is 34.6. The van der Waals surface area contributed by atoms with Gasteiger partial charge in [0.05, 0.1) is 41.9 Å². The average Bonchev–Trinajstić information content (AvgIpc) is 3.12. The number of unbranched alkanes of at least 4 members (excludes halogenated alkanes) is 3. The fourth-order valence-corrected chi connectivity index (χ4v) is 4.67. The number of carbonyl (C=O) groups is 3. The summed E-state index contributed by atoms with van der Waals surface area (Å²) in [6.07, 6.45) is 5.29. The summed E-state index contributed by atoms with van der Waals surface area (Å²) in [5.41, 5.74) is 0.680. The van der Waals surface area contributed by atoms with Gasteiger partial charge in [0.2, 0.25) is 0 Å². The lowest BCUT2D eigenvalue weighted by molar-refractivity contribution is 0.0490. The predicted octanol–water partition coefficient (Wildman–Crippen LogP) is 8.48. The average molecular weight is 728 g/mol. The Bertz CT molecular complexity index is 1220. The standard InChI is InChI=1S/C38H47BrO9/c1-4-7-22-43-35(40)29-10-16-32(17-11-29)46-26-38(25-39,27-47-33-18-12-30(13-19-33)36(41)44-23-8-5-2)28-48-34-20-14-31(15-21-34)37(42)45-24-9-6-3/h10-21H,4-9,22-28H2,1-3H3. The number of carbonyl (C=O) groups excluding carboxylic acids is 3. The third-order valence-electron chi connectivity index (χ3n) is 7.38. The van der Waals surface area contributed by atoms with Crippen LogP contribution in [0.15, 0.2) is 72.8 Å². The molecule has 0 aliphatic carbocycles. The van der Waals surface area contributed by atoms with Crippen molar-refractivity contribution in [2.45, 2.75) is 59.3 Å². The van der Waals surface area contributed by atoms with Gasteiger partial charge in [0.25, 0.3) is 0 Å². The molecule has 0 spiro atoms. The predicted molar refractivity (Wildman–Crippen MR) is 188 cm³/mol. The summed E-state index contributed by atoms with van der Waals surface area (Å²) in [4.78, 5) is 36.9. The van der Waals surface area contributed by atoms with Crippen molar-refractivity contribution in [2.24, 2.45) is 5.41 Å². The van der Waals surface area contributed by atoms with Gasteiger partial charge in [0.1, 0.15) is 37.1 Å². The third kappa shape index (κ3) is 12.9. The van der Waals surface area contributed by atoms with Gasteiger partial charge in [-0.3, -0.25) is 0 Å². The van der Waals surface area contributed by atoms with Gasteiger partial charge in [-0.2, -0.15) is 0 Å². The van der Waals surface area contributed by atoms with Crippen LogP contribution in [-0.4, -0.2) is 62.9 Å². The maximum atomic E-state index is 12.3. The highest BCUT2D eigenvalue weighted by atomic mass is 79.9. The van der Waals surface area contributed by atoms with Crippen molar-refractivity contribution in [1.82, 2.24) is 0 Å². The molecular formula is C38H47BrO9. The van der Waals surface area contributed by atoms with Gasteiger partial charge in [0.15, 0.2) is 0 Å². The molecule has 10 heteroatoms. The van der Waals surface area contributed by atoms with Gasteiger partial charge in [-0.15, -0.1) is 0 Å². The number of benzene rings is 3. The van der Waals surface area contributed by atoms with E-state index in [1.54, 1.807) is 72.8 Å². The summed E-state index contributed by atoms with van der Waals surface area (Å²) < 4.78 is 34.5. The van der Waals surface area contributed by atoms with E-state index in [9.17, 15) is 14.4 Å². The first kappa shape index (κ1) is 38.4. The number of alkyl halides is 1. The molecule has 0 aliphatic rings. The molecule has 0 fully saturated rings. The highest BCUT2D eigenvalue weighted by molar-refractivity contribution is 9.09. The molecule has 0 radical (unpaired) electrons. The molecule has 0 saturated heterocycles. The van der Waals surface area contributed by atoms with E-state index in [1.807, 2.05) is 20.8 Å². The Labute approximate surface area is 292 Å². The number of hydrogen-bond acceptors (Lipinski definition) is 9. The molecule has 0 bridgehead atoms. The van der Waals surface area contributed by atoms with Crippen LogP contribution in [-0.2, 0) is 14.2 Å². The van der Waals surface area contributed by atoms with E-state index in [-0.39, 0.29) is 37.7 Å². The maximum Gasteiger partial charge on any atom is 0.338 e. The molecular weight excluding hydrogens is 680 g/mol. The van der Waals surface area contributed by atoms with Crippen LogP contribution in [0.5, 0.6) is 17.2 Å². The van der Waals surface area contributed by atoms with Crippen molar-refractivity contribution >= 4 is 33.8 Å². The molecule has 0 aromatic heterocycles. The van der Waals surface area contributed by atoms with Gasteiger partial charge in [-0.05, 0) is 92.1 Å². The van der Waals surface area contributed by atoms with E-state index in [0.29, 0.717) is 59.1 Å². The molecule has 260 valence electrons. The minimum absolute atomic E-state index is 0.211. The van der Waals surface area contributed by atoms with Crippen LogP contribution in [0.3, 0.4) is 0 Å². The Kier molecular flexibility index (Phi) is 16.8. The van der Waals surface area contributed by atoms with Crippen LogP contribution in [0.25, 0.3) is 0 Å². The fourth-order valence-electron chi connectivity index (χ4n) is 4.19. The van der Waals surface area contributed by atoms with E-state index in [1.165, 1.54) is 0 Å². The molecule has 48 heavy (non-hydrogen) atoms. The first-order valence-corrected chi connectivity index (χ1v) is 17.7. The lowest BCUT2D eigenvalue weighted by Crippen LogP contribution is -2.42. The summed E-state index contributed by atoms with van der Waals surface area (Å²) >= 11 is 3.65. The highest BCUT2D eigenvalue weighted by Gasteiger charge is 2.33. The Morgan fingerprint density at radius 2 is 0.771 bits per heavy atom. The first-order valence-electron chi connectivity index (χ1n) is 16.6. The van der Waals surface area contributed by atoms with Gasteiger partial charge < -0.3 is 28.4 Å². The SMILES string of the molecule is CCCCOC(=O)c1ccc(OCC(CBr)(COc2ccc(C(=O)OCCCC)cc2)COc2ccc(C(=O)OCCCC)cc2)cc1. The number of rotatable bonds is 22. The van der Waals surface area contributed by atoms with E-state index in [2.05, 4.69) is 15.9 Å². The largest absolute Gasteiger partial charge is 0.493 e. The van der Waals surface area contributed by atoms with E-state index < -0.39 is 5.41 Å². The Balaban J connectivity index is 1.70. The minimum Gasteiger partial charge on any atom is -0.493 e. The fraction of sp³-hybridized carbons (Fsp3) is 0.447. The van der Waals surface area contributed by atoms with Gasteiger partial charge in [-0.1, -0.05) is 56.0 Å². The molecule has 0 N–H and O–H groups in total. The van der Waals surface area contributed by atoms with Crippen molar-refractivity contribution in [3.05, 3.63) is 89.5 Å². The molecule has 3 aromatic carbocycles. The van der Waals surface area contributed by atoms with Crippen LogP contribution >= 0.6 is 15.9 Å². The van der Waals surface area contributed by atoms with Crippen LogP contribution < -0.4 is 14.2 Å². The number of esters is 3. The molecule has 0 saturated carbocycles. The zero-order valence-corrected chi connectivity index (χ0v) is 29.8. The smallest absolute Gasteiger partial charge is 0.338 e. The Hall–Kier alpha value is -4.05. The van der Waals surface area contributed by atoms with Crippen molar-refractivity contribution in [3.8, 4) is 17.2 Å². The molecule has 3 rings (SSSR count). The van der Waals surface area contributed by atoms with Gasteiger partial charge in [-0.25, -0.2) is 14.4 Å². The van der Waals surface area contributed by atoms with Crippen LogP contribution in [0.4, 0.5) is 0 Å². The first-order chi connectivity index (χ1) is 23.3. The second-order valence-electron chi connectivity index (χ2n) is 11.5. The molecule has 9 nitrogen and oxygen atoms in total. The van der Waals surface area contributed by atoms with Crippen LogP contribution in [0.1, 0.15) is 90.4 Å². The Morgan fingerprint density at radius 1 is 0.500 bits per heavy atom. The highest BCUT2D eigenvalue weighted by Crippen LogP contribution is 2.27. The van der Waals surface area contributed by atoms with Crippen molar-refractivity contribution in [2.75, 3.05) is 45.0 Å². The third-order valence-corrected chi connectivity index (χ3v) is 8.57. The quantitative estimate of drug-likeness (QED) is 0.0436. The molecule has 0 atom stereocenters. The van der Waals surface area contributed by atoms with Crippen molar-refractivity contribution < 1.29 is 42.8 Å². The second-order valence-corrected chi connectivity index (χ2v) is 12.1. The van der Waals surface area contributed by atoms with Gasteiger partial charge in [0, 0.05) is 5.33 Å². The summed E-state index contributed by atoms with van der Waals surface area (Å²) in [6, 6.07) is 20.4. The summed E-state index contributed by atoms with van der Waals surface area (Å²) in [6.45, 7) is 7.91. The summed E-state index contributed by atoms with van der Waals surface area (Å²) in [5, 5.41) is 0.464. The lowest BCUT2D eigenvalue weighted by atomic mass is 9.94. The maximum absolute atomic E-state index is 12.3. The molecule has 0 heterocycles. The van der Waals surface area contributed by atoms with Crippen molar-refractivity contribution in [3.63, 3.8) is 0 Å². The van der Waals surface area contributed by atoms with Crippen LogP contribution in [0, 0.1) is 5.41 Å². The summed E-state index contributed by atoms with van der Waals surface area (Å²) in [7, 11) is 0. The number of ether oxygens (including phenoxy) is 6. The van der Waals surface area contributed by atoms with E-state index >= 15 is 0 Å². The molecule has 3 aromatic rings.